The molecule has 0 radical (unpaired) electrons. The molecule has 3 aromatic carbocycles. The van der Waals surface area contributed by atoms with E-state index < -0.39 is 0 Å². The van der Waals surface area contributed by atoms with Gasteiger partial charge in [0.15, 0.2) is 11.4 Å². The molecule has 1 aliphatic rings. The number of aryl methyl sites for hydroxylation is 1. The third-order valence-corrected chi connectivity index (χ3v) is 6.61. The number of ether oxygens (including phenoxy) is 1. The van der Waals surface area contributed by atoms with E-state index in [1.807, 2.05) is 117 Å². The first-order chi connectivity index (χ1) is 18.1. The number of hydrogen-bond donors (Lipinski definition) is 1. The van der Waals surface area contributed by atoms with Crippen molar-refractivity contribution in [2.45, 2.75) is 20.1 Å². The molecule has 0 spiro atoms. The summed E-state index contributed by atoms with van der Waals surface area (Å²) < 4.78 is 6.01. The maximum Gasteiger partial charge on any atom is 0.271 e. The van der Waals surface area contributed by atoms with Crippen LogP contribution < -0.4 is 15.0 Å². The highest BCUT2D eigenvalue weighted by Gasteiger charge is 2.34. The van der Waals surface area contributed by atoms with E-state index in [2.05, 4.69) is 10.3 Å². The smallest absolute Gasteiger partial charge is 0.271 e. The van der Waals surface area contributed by atoms with Crippen molar-refractivity contribution in [3.8, 4) is 5.75 Å². The van der Waals surface area contributed by atoms with Crippen molar-refractivity contribution in [3.63, 3.8) is 0 Å². The maximum atomic E-state index is 13.4. The van der Waals surface area contributed by atoms with Crippen LogP contribution in [0.4, 0.5) is 17.2 Å². The molecule has 0 saturated carbocycles. The molecule has 0 bridgehead atoms. The first kappa shape index (κ1) is 24.3. The second-order valence-corrected chi connectivity index (χ2v) is 9.47. The lowest BCUT2D eigenvalue weighted by Crippen LogP contribution is -2.28. The van der Waals surface area contributed by atoms with Gasteiger partial charge in [-0.2, -0.15) is 0 Å². The van der Waals surface area contributed by atoms with Crippen LogP contribution in [-0.4, -0.2) is 22.3 Å². The quantitative estimate of drug-likeness (QED) is 0.215. The molecule has 184 valence electrons. The molecule has 1 saturated heterocycles. The van der Waals surface area contributed by atoms with Gasteiger partial charge >= 0.3 is 0 Å². The summed E-state index contributed by atoms with van der Waals surface area (Å²) in [4.78, 5) is 24.8. The van der Waals surface area contributed by atoms with Crippen LogP contribution >= 0.6 is 11.8 Å². The molecule has 1 N–H and O–H groups in total. The van der Waals surface area contributed by atoms with E-state index in [9.17, 15) is 4.79 Å². The van der Waals surface area contributed by atoms with E-state index in [1.165, 1.54) is 11.8 Å². The third-order valence-electron chi connectivity index (χ3n) is 5.64. The highest BCUT2D eigenvalue weighted by Crippen LogP contribution is 2.37. The summed E-state index contributed by atoms with van der Waals surface area (Å²) in [6, 6.07) is 30.8. The Morgan fingerprint density at radius 1 is 0.946 bits per heavy atom. The molecular weight excluding hydrogens is 480 g/mol. The number of aliphatic imine (C=N–C) groups is 1. The molecule has 1 aromatic heterocycles. The molecule has 1 unspecified atom stereocenters. The predicted octanol–water partition coefficient (Wildman–Crippen LogP) is 7.04. The van der Waals surface area contributed by atoms with E-state index >= 15 is 0 Å². The summed E-state index contributed by atoms with van der Waals surface area (Å²) in [6.07, 6.45) is 3.38. The Morgan fingerprint density at radius 3 is 2.35 bits per heavy atom. The molecular formula is C30H26N4O2S. The first-order valence-electron chi connectivity index (χ1n) is 11.9. The molecule has 2 heterocycles. The van der Waals surface area contributed by atoms with Crippen molar-refractivity contribution in [2.24, 2.45) is 4.99 Å². The molecule has 1 aliphatic heterocycles. The molecule has 1 atom stereocenters. The lowest BCUT2D eigenvalue weighted by molar-refractivity contribution is -0.113. The number of aromatic nitrogens is 1. The number of rotatable bonds is 7. The maximum absolute atomic E-state index is 13.4. The Kier molecular flexibility index (Phi) is 7.33. The minimum Gasteiger partial charge on any atom is -0.471 e. The summed E-state index contributed by atoms with van der Waals surface area (Å²) >= 11 is 1.37. The first-order valence-corrected chi connectivity index (χ1v) is 12.8. The third kappa shape index (κ3) is 5.90. The van der Waals surface area contributed by atoms with E-state index in [-0.39, 0.29) is 12.1 Å². The Morgan fingerprint density at radius 2 is 1.65 bits per heavy atom. The zero-order valence-electron chi connectivity index (χ0n) is 20.5. The Bertz CT molecular complexity index is 1440. The summed E-state index contributed by atoms with van der Waals surface area (Å²) in [5.74, 6) is 1.41. The van der Waals surface area contributed by atoms with E-state index in [0.29, 0.717) is 10.1 Å². The molecule has 1 amide bonds. The standard InChI is InChI=1S/C30H26N4O2S/c1-21-10-9-19-31-28(21)32-22(2)36-26-17-15-23(16-18-26)20-27-29(35)34(25-13-7-4-8-14-25)30(37-27)33-24-11-5-3-6-12-24/h3-20,22H,1-2H3,(H,31,32)/b27-20-,33-30?. The number of thioether (sulfide) groups is 1. The van der Waals surface area contributed by atoms with Crippen molar-refractivity contribution in [2.75, 3.05) is 10.2 Å². The van der Waals surface area contributed by atoms with Gasteiger partial charge in [0.25, 0.3) is 5.91 Å². The van der Waals surface area contributed by atoms with Crippen LogP contribution in [0.2, 0.25) is 0 Å². The normalized spacial score (nSPS) is 16.3. The van der Waals surface area contributed by atoms with Gasteiger partial charge in [0.1, 0.15) is 11.6 Å². The van der Waals surface area contributed by atoms with Gasteiger partial charge in [-0.25, -0.2) is 9.98 Å². The van der Waals surface area contributed by atoms with Gasteiger partial charge in [0, 0.05) is 6.20 Å². The van der Waals surface area contributed by atoms with Crippen LogP contribution in [-0.2, 0) is 4.79 Å². The van der Waals surface area contributed by atoms with Crippen molar-refractivity contribution in [1.82, 2.24) is 4.98 Å². The van der Waals surface area contributed by atoms with Gasteiger partial charge in [0.2, 0.25) is 0 Å². The Labute approximate surface area is 220 Å². The number of carbonyl (C=O) groups excluding carboxylic acids is 1. The van der Waals surface area contributed by atoms with E-state index in [0.717, 1.165) is 34.1 Å². The highest BCUT2D eigenvalue weighted by atomic mass is 32.2. The molecule has 6 nitrogen and oxygen atoms in total. The minimum atomic E-state index is -0.263. The number of hydrogen-bond acceptors (Lipinski definition) is 6. The van der Waals surface area contributed by atoms with Gasteiger partial charge in [-0.3, -0.25) is 9.69 Å². The lowest BCUT2D eigenvalue weighted by atomic mass is 10.2. The number of anilines is 2. The predicted molar refractivity (Wildman–Crippen MR) is 152 cm³/mol. The van der Waals surface area contributed by atoms with Gasteiger partial charge in [-0.05, 0) is 85.3 Å². The number of amides is 1. The monoisotopic (exact) mass is 506 g/mol. The fraction of sp³-hybridized carbons (Fsp3) is 0.100. The molecule has 1 fully saturated rings. The molecule has 7 heteroatoms. The van der Waals surface area contributed by atoms with Crippen LogP contribution in [0.25, 0.3) is 6.08 Å². The number of nitrogens with zero attached hydrogens (tertiary/aromatic N) is 3. The number of nitrogens with one attached hydrogen (secondary N) is 1. The van der Waals surface area contributed by atoms with Crippen LogP contribution in [0.1, 0.15) is 18.1 Å². The number of para-hydroxylation sites is 2. The fourth-order valence-electron chi connectivity index (χ4n) is 3.82. The summed E-state index contributed by atoms with van der Waals surface area (Å²) in [5.41, 5.74) is 3.54. The number of benzene rings is 3. The van der Waals surface area contributed by atoms with Crippen molar-refractivity contribution < 1.29 is 9.53 Å². The van der Waals surface area contributed by atoms with Gasteiger partial charge in [-0.15, -0.1) is 0 Å². The van der Waals surface area contributed by atoms with E-state index in [4.69, 9.17) is 9.73 Å². The molecule has 0 aliphatic carbocycles. The van der Waals surface area contributed by atoms with E-state index in [1.54, 1.807) is 11.1 Å². The lowest BCUT2D eigenvalue weighted by Gasteiger charge is -2.18. The van der Waals surface area contributed by atoms with Gasteiger partial charge in [-0.1, -0.05) is 54.6 Å². The number of pyridine rings is 1. The largest absolute Gasteiger partial charge is 0.471 e. The number of carbonyl (C=O) groups is 1. The van der Waals surface area contributed by atoms with Gasteiger partial charge < -0.3 is 10.1 Å². The average Bonchev–Trinajstić information content (AvgIpc) is 3.21. The summed E-state index contributed by atoms with van der Waals surface area (Å²) in [7, 11) is 0. The Balaban J connectivity index is 1.34. The zero-order chi connectivity index (χ0) is 25.6. The van der Waals surface area contributed by atoms with Crippen molar-refractivity contribution in [3.05, 3.63) is 119 Å². The molecule has 4 aromatic rings. The minimum absolute atomic E-state index is 0.102. The fourth-order valence-corrected chi connectivity index (χ4v) is 4.82. The summed E-state index contributed by atoms with van der Waals surface area (Å²) in [6.45, 7) is 3.94. The second kappa shape index (κ2) is 11.1. The second-order valence-electron chi connectivity index (χ2n) is 8.46. The van der Waals surface area contributed by atoms with Crippen molar-refractivity contribution >= 4 is 46.1 Å². The van der Waals surface area contributed by atoms with Crippen LogP contribution in [0.15, 0.2) is 113 Å². The zero-order valence-corrected chi connectivity index (χ0v) is 21.4. The number of amidine groups is 1. The Hall–Kier alpha value is -4.36. The topological polar surface area (TPSA) is 66.8 Å². The molecule has 5 rings (SSSR count). The highest BCUT2D eigenvalue weighted by molar-refractivity contribution is 8.19. The van der Waals surface area contributed by atoms with Gasteiger partial charge in [0.05, 0.1) is 16.3 Å². The van der Waals surface area contributed by atoms with Crippen molar-refractivity contribution in [1.29, 1.82) is 0 Å². The van der Waals surface area contributed by atoms with Crippen LogP contribution in [0, 0.1) is 6.92 Å². The molecule has 37 heavy (non-hydrogen) atoms. The van der Waals surface area contributed by atoms with Crippen LogP contribution in [0.3, 0.4) is 0 Å². The van der Waals surface area contributed by atoms with Crippen LogP contribution in [0.5, 0.6) is 5.75 Å². The average molecular weight is 507 g/mol. The summed E-state index contributed by atoms with van der Waals surface area (Å²) in [5, 5.41) is 3.89. The SMILES string of the molecule is Cc1cccnc1NC(C)Oc1ccc(/C=C2\SC(=Nc3ccccc3)N(c3ccccc3)C2=O)cc1.